The molecule has 0 bridgehead atoms. The molecule has 2 atom stereocenters. The second-order valence-electron chi connectivity index (χ2n) is 9.08. The first-order valence-electron chi connectivity index (χ1n) is 12.5. The number of esters is 1. The van der Waals surface area contributed by atoms with Gasteiger partial charge in [-0.1, -0.05) is 6.07 Å². The SMILES string of the molecule is COC(=O)CCNC(=O)C(C)Nc1ccc2c(cc1=O)C(NC(C)=O)CCc1cc(OC)c(OC)c(OC)c1-2. The molecule has 11 heteroatoms. The van der Waals surface area contributed by atoms with Crippen LogP contribution in [-0.4, -0.2) is 58.8 Å². The van der Waals surface area contributed by atoms with Gasteiger partial charge < -0.3 is 34.9 Å². The molecule has 3 N–H and O–H groups in total. The van der Waals surface area contributed by atoms with E-state index in [1.165, 1.54) is 34.3 Å². The highest BCUT2D eigenvalue weighted by Crippen LogP contribution is 2.50. The maximum absolute atomic E-state index is 13.4. The second kappa shape index (κ2) is 13.0. The van der Waals surface area contributed by atoms with E-state index in [2.05, 4.69) is 20.7 Å². The van der Waals surface area contributed by atoms with Gasteiger partial charge in [-0.25, -0.2) is 0 Å². The average Bonchev–Trinajstić information content (AvgIpc) is 3.15. The van der Waals surface area contributed by atoms with Crippen molar-refractivity contribution in [2.24, 2.45) is 0 Å². The Morgan fingerprint density at radius 2 is 1.74 bits per heavy atom. The zero-order chi connectivity index (χ0) is 28.7. The van der Waals surface area contributed by atoms with Gasteiger partial charge in [0.2, 0.25) is 23.0 Å². The Kier molecular flexibility index (Phi) is 9.75. The number of carbonyl (C=O) groups excluding carboxylic acids is 3. The highest BCUT2D eigenvalue weighted by Gasteiger charge is 2.29. The molecule has 0 fully saturated rings. The molecule has 11 nitrogen and oxygen atoms in total. The summed E-state index contributed by atoms with van der Waals surface area (Å²) in [6.07, 6.45) is 1.15. The highest BCUT2D eigenvalue weighted by molar-refractivity contribution is 5.86. The standard InChI is InChI=1S/C28H35N3O8/c1-15(28(35)29-12-11-24(34)37-4)30-21-10-8-18-19(14-22(21)33)20(31-16(2)32)9-7-17-13-23(36-3)26(38-5)27(39-6)25(17)18/h8,10,13-15,20H,7,9,11-12H2,1-6H3,(H,29,35)(H,30,33)(H,31,32). The van der Waals surface area contributed by atoms with Crippen LogP contribution in [0.25, 0.3) is 11.1 Å². The van der Waals surface area contributed by atoms with Gasteiger partial charge in [-0.05, 0) is 54.7 Å². The number of anilines is 1. The number of aryl methyl sites for hydroxylation is 1. The minimum atomic E-state index is -0.769. The summed E-state index contributed by atoms with van der Waals surface area (Å²) in [4.78, 5) is 49.3. The van der Waals surface area contributed by atoms with Crippen LogP contribution in [0.5, 0.6) is 17.2 Å². The lowest BCUT2D eigenvalue weighted by Gasteiger charge is -2.19. The van der Waals surface area contributed by atoms with E-state index in [4.69, 9.17) is 14.2 Å². The maximum Gasteiger partial charge on any atom is 0.307 e. The van der Waals surface area contributed by atoms with Crippen LogP contribution in [-0.2, 0) is 25.5 Å². The zero-order valence-electron chi connectivity index (χ0n) is 23.1. The number of ether oxygens (including phenoxy) is 4. The molecule has 0 aromatic heterocycles. The first-order chi connectivity index (χ1) is 18.6. The molecule has 0 saturated carbocycles. The first-order valence-corrected chi connectivity index (χ1v) is 12.5. The zero-order valence-corrected chi connectivity index (χ0v) is 23.1. The molecular formula is C28H35N3O8. The molecule has 2 amide bonds. The molecule has 1 aliphatic rings. The third kappa shape index (κ3) is 6.60. The van der Waals surface area contributed by atoms with E-state index in [9.17, 15) is 19.2 Å². The summed E-state index contributed by atoms with van der Waals surface area (Å²) >= 11 is 0. The van der Waals surface area contributed by atoms with Crippen LogP contribution in [0.15, 0.2) is 29.1 Å². The van der Waals surface area contributed by atoms with E-state index in [0.29, 0.717) is 41.2 Å². The number of nitrogens with one attached hydrogen (secondary N) is 3. The van der Waals surface area contributed by atoms with Gasteiger partial charge in [-0.15, -0.1) is 0 Å². The van der Waals surface area contributed by atoms with Crippen LogP contribution >= 0.6 is 0 Å². The Morgan fingerprint density at radius 1 is 1.03 bits per heavy atom. The number of methoxy groups -OCH3 is 4. The van der Waals surface area contributed by atoms with Crippen LogP contribution in [0.2, 0.25) is 0 Å². The summed E-state index contributed by atoms with van der Waals surface area (Å²) in [5.74, 6) is 0.315. The third-order valence-electron chi connectivity index (χ3n) is 6.54. The van der Waals surface area contributed by atoms with E-state index >= 15 is 0 Å². The van der Waals surface area contributed by atoms with Crippen LogP contribution in [0.3, 0.4) is 0 Å². The predicted octanol–water partition coefficient (Wildman–Crippen LogP) is 2.34. The Morgan fingerprint density at radius 3 is 2.36 bits per heavy atom. The summed E-state index contributed by atoms with van der Waals surface area (Å²) < 4.78 is 21.5. The summed E-state index contributed by atoms with van der Waals surface area (Å²) in [6, 6.07) is 5.52. The van der Waals surface area contributed by atoms with Gasteiger partial charge >= 0.3 is 5.97 Å². The van der Waals surface area contributed by atoms with Crippen molar-refractivity contribution in [3.63, 3.8) is 0 Å². The number of benzene rings is 1. The molecular weight excluding hydrogens is 506 g/mol. The summed E-state index contributed by atoms with van der Waals surface area (Å²) in [6.45, 7) is 3.15. The highest BCUT2D eigenvalue weighted by atomic mass is 16.5. The summed E-state index contributed by atoms with van der Waals surface area (Å²) in [7, 11) is 5.87. The van der Waals surface area contributed by atoms with Crippen molar-refractivity contribution in [1.29, 1.82) is 0 Å². The average molecular weight is 542 g/mol. The fourth-order valence-electron chi connectivity index (χ4n) is 4.67. The lowest BCUT2D eigenvalue weighted by atomic mass is 9.95. The fraction of sp³-hybridized carbons (Fsp3) is 0.429. The van der Waals surface area contributed by atoms with Gasteiger partial charge in [-0.2, -0.15) is 0 Å². The molecule has 2 aromatic rings. The number of hydrogen-bond donors (Lipinski definition) is 3. The fourth-order valence-corrected chi connectivity index (χ4v) is 4.67. The molecule has 0 spiro atoms. The molecule has 1 aliphatic carbocycles. The van der Waals surface area contributed by atoms with E-state index in [1.807, 2.05) is 6.07 Å². The largest absolute Gasteiger partial charge is 0.493 e. The first kappa shape index (κ1) is 29.3. The quantitative estimate of drug-likeness (QED) is 0.387. The Hall–Kier alpha value is -4.28. The molecule has 0 radical (unpaired) electrons. The van der Waals surface area contributed by atoms with Crippen LogP contribution in [0.4, 0.5) is 5.69 Å². The van der Waals surface area contributed by atoms with E-state index in [1.54, 1.807) is 26.2 Å². The summed E-state index contributed by atoms with van der Waals surface area (Å²) in [5.41, 5.74) is 2.77. The van der Waals surface area contributed by atoms with Crippen molar-refractivity contribution in [2.45, 2.75) is 45.2 Å². The molecule has 39 heavy (non-hydrogen) atoms. The number of hydrogen-bond acceptors (Lipinski definition) is 9. The Balaban J connectivity index is 2.10. The van der Waals surface area contributed by atoms with E-state index < -0.39 is 18.1 Å². The molecule has 0 aliphatic heterocycles. The predicted molar refractivity (Wildman–Crippen MR) is 145 cm³/mol. The van der Waals surface area contributed by atoms with Gasteiger partial charge in [0.1, 0.15) is 6.04 Å². The van der Waals surface area contributed by atoms with E-state index in [-0.39, 0.29) is 35.9 Å². The maximum atomic E-state index is 13.4. The minimum Gasteiger partial charge on any atom is -0.493 e. The van der Waals surface area contributed by atoms with Gasteiger partial charge in [0.15, 0.2) is 11.5 Å². The number of rotatable bonds is 10. The second-order valence-corrected chi connectivity index (χ2v) is 9.08. The van der Waals surface area contributed by atoms with Crippen molar-refractivity contribution in [1.82, 2.24) is 10.6 Å². The molecule has 3 rings (SSSR count). The minimum absolute atomic E-state index is 0.0365. The Labute approximate surface area is 227 Å². The number of amides is 2. The lowest BCUT2D eigenvalue weighted by molar-refractivity contribution is -0.140. The van der Waals surface area contributed by atoms with Crippen LogP contribution in [0, 0.1) is 0 Å². The van der Waals surface area contributed by atoms with Gasteiger partial charge in [0.25, 0.3) is 0 Å². The molecule has 0 saturated heterocycles. The number of carbonyl (C=O) groups is 3. The van der Waals surface area contributed by atoms with Gasteiger partial charge in [0, 0.05) is 19.0 Å². The topological polar surface area (TPSA) is 141 Å². The van der Waals surface area contributed by atoms with Crippen molar-refractivity contribution >= 4 is 23.5 Å². The van der Waals surface area contributed by atoms with Gasteiger partial charge in [-0.3, -0.25) is 19.2 Å². The molecule has 210 valence electrons. The van der Waals surface area contributed by atoms with Crippen molar-refractivity contribution in [2.75, 3.05) is 40.3 Å². The number of fused-ring (bicyclic) bond motifs is 3. The molecule has 2 aromatic carbocycles. The normalized spacial score (nSPS) is 14.5. The van der Waals surface area contributed by atoms with Crippen molar-refractivity contribution in [3.8, 4) is 28.4 Å². The summed E-state index contributed by atoms with van der Waals surface area (Å²) in [5, 5.41) is 8.57. The van der Waals surface area contributed by atoms with E-state index in [0.717, 1.165) is 11.1 Å². The lowest BCUT2D eigenvalue weighted by Crippen LogP contribution is -2.39. The van der Waals surface area contributed by atoms with Crippen LogP contribution < -0.4 is 35.6 Å². The monoisotopic (exact) mass is 541 g/mol. The van der Waals surface area contributed by atoms with Crippen molar-refractivity contribution in [3.05, 3.63) is 45.6 Å². The third-order valence-corrected chi connectivity index (χ3v) is 6.54. The smallest absolute Gasteiger partial charge is 0.307 e. The Bertz CT molecular complexity index is 1310. The van der Waals surface area contributed by atoms with Crippen molar-refractivity contribution < 1.29 is 33.3 Å². The molecule has 0 heterocycles. The molecule has 2 unspecified atom stereocenters. The van der Waals surface area contributed by atoms with Gasteiger partial charge in [0.05, 0.1) is 46.6 Å². The van der Waals surface area contributed by atoms with Crippen LogP contribution in [0.1, 0.15) is 43.9 Å².